The highest BCUT2D eigenvalue weighted by atomic mass is 79.9. The molecule has 0 amide bonds. The lowest BCUT2D eigenvalue weighted by Gasteiger charge is -2.11. The second-order valence-corrected chi connectivity index (χ2v) is 5.30. The first-order valence-corrected chi connectivity index (χ1v) is 7.35. The molecule has 22 heavy (non-hydrogen) atoms. The normalized spacial score (nSPS) is 10.4. The molecule has 8 heteroatoms. The van der Waals surface area contributed by atoms with Crippen LogP contribution >= 0.6 is 27.5 Å². The Morgan fingerprint density at radius 2 is 2.23 bits per heavy atom. The summed E-state index contributed by atoms with van der Waals surface area (Å²) in [5.41, 5.74) is 6.13. The number of esters is 1. The van der Waals surface area contributed by atoms with Gasteiger partial charge in [-0.3, -0.25) is 0 Å². The molecule has 1 aromatic carbocycles. The second kappa shape index (κ2) is 6.93. The van der Waals surface area contributed by atoms with Gasteiger partial charge in [-0.1, -0.05) is 11.6 Å². The number of halogens is 3. The van der Waals surface area contributed by atoms with Crippen LogP contribution in [-0.4, -0.2) is 17.6 Å². The number of nitrogen functional groups attached to an aromatic ring is 1. The van der Waals surface area contributed by atoms with Gasteiger partial charge in [0.15, 0.2) is 0 Å². The highest BCUT2D eigenvalue weighted by Crippen LogP contribution is 2.35. The molecule has 0 fully saturated rings. The predicted octanol–water partition coefficient (Wildman–Crippen LogP) is 4.19. The van der Waals surface area contributed by atoms with Crippen LogP contribution in [-0.2, 0) is 4.74 Å². The minimum Gasteiger partial charge on any atom is -0.462 e. The molecule has 1 heterocycles. The van der Waals surface area contributed by atoms with Gasteiger partial charge in [-0.2, -0.15) is 0 Å². The molecule has 116 valence electrons. The third-order valence-electron chi connectivity index (χ3n) is 2.63. The fourth-order valence-corrected chi connectivity index (χ4v) is 2.14. The number of rotatable bonds is 4. The fraction of sp³-hybridized carbons (Fsp3) is 0.143. The van der Waals surface area contributed by atoms with Crippen LogP contribution in [0.25, 0.3) is 0 Å². The van der Waals surface area contributed by atoms with Crippen molar-refractivity contribution in [1.82, 2.24) is 4.98 Å². The molecule has 2 aromatic rings. The molecule has 0 radical (unpaired) electrons. The number of aromatic nitrogens is 1. The number of anilines is 1. The van der Waals surface area contributed by atoms with Crippen molar-refractivity contribution in [1.29, 1.82) is 0 Å². The number of hydrogen-bond donors (Lipinski definition) is 1. The van der Waals surface area contributed by atoms with Gasteiger partial charge >= 0.3 is 5.97 Å². The second-order valence-electron chi connectivity index (χ2n) is 4.10. The van der Waals surface area contributed by atoms with E-state index in [2.05, 4.69) is 20.9 Å². The van der Waals surface area contributed by atoms with Gasteiger partial charge in [0.1, 0.15) is 21.6 Å². The van der Waals surface area contributed by atoms with E-state index in [0.717, 1.165) is 0 Å². The smallest absolute Gasteiger partial charge is 0.341 e. The molecule has 0 aliphatic carbocycles. The van der Waals surface area contributed by atoms with Crippen LogP contribution in [0.15, 0.2) is 28.9 Å². The van der Waals surface area contributed by atoms with E-state index >= 15 is 0 Å². The van der Waals surface area contributed by atoms with Crippen LogP contribution in [0.4, 0.5) is 10.1 Å². The molecule has 0 unspecified atom stereocenters. The SMILES string of the molecule is CCOC(=O)c1cnc(Oc2ccc(F)c(Cl)c2)c(Br)c1N. The number of benzene rings is 1. The van der Waals surface area contributed by atoms with E-state index in [1.54, 1.807) is 6.92 Å². The van der Waals surface area contributed by atoms with Crippen molar-refractivity contribution < 1.29 is 18.7 Å². The van der Waals surface area contributed by atoms with Crippen LogP contribution in [0.3, 0.4) is 0 Å². The van der Waals surface area contributed by atoms with Gasteiger partial charge in [0.05, 0.1) is 17.3 Å². The Balaban J connectivity index is 2.31. The van der Waals surface area contributed by atoms with Gasteiger partial charge in [0, 0.05) is 12.3 Å². The summed E-state index contributed by atoms with van der Waals surface area (Å²) in [5.74, 6) is -0.737. The average molecular weight is 390 g/mol. The highest BCUT2D eigenvalue weighted by Gasteiger charge is 2.18. The monoisotopic (exact) mass is 388 g/mol. The van der Waals surface area contributed by atoms with Gasteiger partial charge in [-0.05, 0) is 35.0 Å². The Morgan fingerprint density at radius 1 is 1.50 bits per heavy atom. The largest absolute Gasteiger partial charge is 0.462 e. The van der Waals surface area contributed by atoms with E-state index in [-0.39, 0.29) is 34.5 Å². The van der Waals surface area contributed by atoms with E-state index in [4.69, 9.17) is 26.8 Å². The van der Waals surface area contributed by atoms with Crippen LogP contribution in [0.1, 0.15) is 17.3 Å². The van der Waals surface area contributed by atoms with E-state index < -0.39 is 11.8 Å². The Bertz CT molecular complexity index is 727. The first-order chi connectivity index (χ1) is 10.4. The molecule has 0 spiro atoms. The van der Waals surface area contributed by atoms with Crippen LogP contribution < -0.4 is 10.5 Å². The standard InChI is InChI=1S/C14H11BrClFN2O3/c1-2-21-14(20)8-6-19-13(11(15)12(8)18)22-7-3-4-10(17)9(16)5-7/h3-6H,2H2,1H3,(H2,18,19). The number of nitrogens with two attached hydrogens (primary N) is 1. The molecule has 0 aliphatic heterocycles. The predicted molar refractivity (Wildman–Crippen MR) is 83.8 cm³/mol. The molecule has 0 saturated heterocycles. The van der Waals surface area contributed by atoms with Gasteiger partial charge in [0.2, 0.25) is 5.88 Å². The molecule has 0 bridgehead atoms. The average Bonchev–Trinajstić information content (AvgIpc) is 2.48. The molecular formula is C14H11BrClFN2O3. The third kappa shape index (κ3) is 3.48. The molecule has 2 N–H and O–H groups in total. The maximum atomic E-state index is 13.1. The molecule has 0 aliphatic rings. The molecular weight excluding hydrogens is 379 g/mol. The number of carbonyl (C=O) groups is 1. The Labute approximate surface area is 139 Å². The summed E-state index contributed by atoms with van der Waals surface area (Å²) in [4.78, 5) is 15.7. The molecule has 2 rings (SSSR count). The van der Waals surface area contributed by atoms with Crippen molar-refractivity contribution in [2.24, 2.45) is 0 Å². The number of nitrogens with zero attached hydrogens (tertiary/aromatic N) is 1. The third-order valence-corrected chi connectivity index (χ3v) is 3.68. The van der Waals surface area contributed by atoms with Gasteiger partial charge < -0.3 is 15.2 Å². The first-order valence-electron chi connectivity index (χ1n) is 6.18. The van der Waals surface area contributed by atoms with Crippen LogP contribution in [0.2, 0.25) is 5.02 Å². The molecule has 5 nitrogen and oxygen atoms in total. The van der Waals surface area contributed by atoms with E-state index in [1.807, 2.05) is 0 Å². The van der Waals surface area contributed by atoms with Crippen LogP contribution in [0, 0.1) is 5.82 Å². The maximum Gasteiger partial charge on any atom is 0.341 e. The number of hydrogen-bond acceptors (Lipinski definition) is 5. The molecule has 1 aromatic heterocycles. The van der Waals surface area contributed by atoms with Crippen molar-refractivity contribution in [3.8, 4) is 11.6 Å². The summed E-state index contributed by atoms with van der Waals surface area (Å²) in [6, 6.07) is 3.87. The quantitative estimate of drug-likeness (QED) is 0.794. The Hall–Kier alpha value is -1.86. The Morgan fingerprint density at radius 3 is 2.86 bits per heavy atom. The van der Waals surface area contributed by atoms with Crippen molar-refractivity contribution >= 4 is 39.2 Å². The zero-order valence-corrected chi connectivity index (χ0v) is 13.7. The summed E-state index contributed by atoms with van der Waals surface area (Å²) in [6.07, 6.45) is 1.25. The molecule has 0 saturated carbocycles. The number of ether oxygens (including phenoxy) is 2. The van der Waals surface area contributed by atoms with Crippen molar-refractivity contribution in [3.63, 3.8) is 0 Å². The minimum absolute atomic E-state index is 0.0789. The zero-order valence-electron chi connectivity index (χ0n) is 11.4. The van der Waals surface area contributed by atoms with Gasteiger partial charge in [-0.25, -0.2) is 14.2 Å². The lowest BCUT2D eigenvalue weighted by atomic mass is 10.2. The van der Waals surface area contributed by atoms with Gasteiger partial charge in [-0.15, -0.1) is 0 Å². The zero-order chi connectivity index (χ0) is 16.3. The van der Waals surface area contributed by atoms with E-state index in [0.29, 0.717) is 4.47 Å². The van der Waals surface area contributed by atoms with Crippen molar-refractivity contribution in [2.75, 3.05) is 12.3 Å². The summed E-state index contributed by atoms with van der Waals surface area (Å²) in [7, 11) is 0. The summed E-state index contributed by atoms with van der Waals surface area (Å²) >= 11 is 8.89. The Kier molecular flexibility index (Phi) is 5.20. The molecule has 0 atom stereocenters. The van der Waals surface area contributed by atoms with Crippen molar-refractivity contribution in [2.45, 2.75) is 6.92 Å². The lowest BCUT2D eigenvalue weighted by molar-refractivity contribution is 0.0527. The summed E-state index contributed by atoms with van der Waals surface area (Å²) in [6.45, 7) is 1.91. The topological polar surface area (TPSA) is 74.4 Å². The summed E-state index contributed by atoms with van der Waals surface area (Å²) in [5, 5.41) is -0.0789. The lowest BCUT2D eigenvalue weighted by Crippen LogP contribution is -2.09. The maximum absolute atomic E-state index is 13.1. The minimum atomic E-state index is -0.579. The fourth-order valence-electron chi connectivity index (χ4n) is 1.58. The van der Waals surface area contributed by atoms with Crippen LogP contribution in [0.5, 0.6) is 11.6 Å². The highest BCUT2D eigenvalue weighted by molar-refractivity contribution is 9.10. The number of pyridine rings is 1. The van der Waals surface area contributed by atoms with Crippen molar-refractivity contribution in [3.05, 3.63) is 45.3 Å². The van der Waals surface area contributed by atoms with E-state index in [9.17, 15) is 9.18 Å². The summed E-state index contributed by atoms with van der Waals surface area (Å²) < 4.78 is 23.8. The number of carbonyl (C=O) groups excluding carboxylic acids is 1. The van der Waals surface area contributed by atoms with Gasteiger partial charge in [0.25, 0.3) is 0 Å². The van der Waals surface area contributed by atoms with E-state index in [1.165, 1.54) is 24.4 Å². The first kappa shape index (κ1) is 16.5.